The van der Waals surface area contributed by atoms with E-state index in [4.69, 9.17) is 16.6 Å². The maximum Gasteiger partial charge on any atom is 0.309 e. The Balaban J connectivity index is 0.938. The van der Waals surface area contributed by atoms with Gasteiger partial charge in [0.15, 0.2) is 11.6 Å². The number of aromatic nitrogens is 4. The molecule has 0 spiro atoms. The Morgan fingerprint density at radius 2 is 1.39 bits per heavy atom. The molecule has 2 saturated carbocycles. The molecule has 1 atom stereocenters. The van der Waals surface area contributed by atoms with E-state index in [1.807, 2.05) is 60.5 Å². The second kappa shape index (κ2) is 14.7. The van der Waals surface area contributed by atoms with Gasteiger partial charge in [-0.2, -0.15) is 0 Å². The van der Waals surface area contributed by atoms with Crippen molar-refractivity contribution >= 4 is 40.8 Å². The average Bonchev–Trinajstić information content (AvgIpc) is 3.92. The van der Waals surface area contributed by atoms with Crippen LogP contribution in [0.1, 0.15) is 95.0 Å². The van der Waals surface area contributed by atoms with E-state index in [1.54, 1.807) is 13.0 Å². The molecule has 14 heteroatoms. The van der Waals surface area contributed by atoms with Gasteiger partial charge >= 0.3 is 5.97 Å². The van der Waals surface area contributed by atoms with Crippen molar-refractivity contribution in [1.29, 1.82) is 0 Å². The molecule has 4 heterocycles. The first-order chi connectivity index (χ1) is 26.8. The lowest BCUT2D eigenvalue weighted by molar-refractivity contribution is -0.148. The number of nitrogens with zero attached hydrogens (tertiary/aromatic N) is 6. The van der Waals surface area contributed by atoms with Crippen molar-refractivity contribution in [3.63, 3.8) is 0 Å². The number of carbonyl (C=O) groups excluding carboxylic acids is 2. The van der Waals surface area contributed by atoms with Crippen LogP contribution in [0.2, 0.25) is 5.02 Å². The SMILES string of the molecule is Cc1c(NC(=O)c2nc3c(n2C)CCN(CCC24CCC(C(=O)O)(CC2)C4)C3)cccc1-c1cccc(NC(=O)c2nc3c(n2C)CCN(C[C@@H](C)O)C3)c1Cl. The fraction of sp³-hybridized carbons (Fsp3) is 0.500. The molecule has 4 aliphatic rings. The molecule has 2 aliphatic carbocycles. The van der Waals surface area contributed by atoms with Gasteiger partial charge in [0.1, 0.15) is 0 Å². The normalized spacial score (nSPS) is 22.5. The van der Waals surface area contributed by atoms with Crippen LogP contribution >= 0.6 is 11.6 Å². The molecule has 296 valence electrons. The molecule has 2 amide bonds. The van der Waals surface area contributed by atoms with Crippen LogP contribution < -0.4 is 10.6 Å². The van der Waals surface area contributed by atoms with Gasteiger partial charge in [0.05, 0.1) is 33.6 Å². The van der Waals surface area contributed by atoms with Gasteiger partial charge in [0.25, 0.3) is 11.8 Å². The van der Waals surface area contributed by atoms with Crippen LogP contribution in [0, 0.1) is 17.8 Å². The van der Waals surface area contributed by atoms with E-state index in [0.29, 0.717) is 53.2 Å². The number of carbonyl (C=O) groups is 3. The highest BCUT2D eigenvalue weighted by Gasteiger charge is 2.57. The van der Waals surface area contributed by atoms with Gasteiger partial charge in [0, 0.05) is 82.3 Å². The molecule has 4 aromatic rings. The van der Waals surface area contributed by atoms with Crippen molar-refractivity contribution in [3.05, 3.63) is 81.4 Å². The first-order valence-electron chi connectivity index (χ1n) is 19.7. The van der Waals surface area contributed by atoms with E-state index < -0.39 is 17.5 Å². The summed E-state index contributed by atoms with van der Waals surface area (Å²) in [7, 11) is 3.75. The molecule has 13 nitrogen and oxygen atoms in total. The highest BCUT2D eigenvalue weighted by molar-refractivity contribution is 6.36. The fourth-order valence-corrected chi connectivity index (χ4v) is 10.2. The van der Waals surface area contributed by atoms with Gasteiger partial charge in [-0.05, 0) is 87.6 Å². The van der Waals surface area contributed by atoms with Crippen LogP contribution in [0.4, 0.5) is 11.4 Å². The number of fused-ring (bicyclic) bond motifs is 4. The summed E-state index contributed by atoms with van der Waals surface area (Å²) in [6.45, 7) is 8.06. The van der Waals surface area contributed by atoms with E-state index in [9.17, 15) is 24.6 Å². The molecular weight excluding hydrogens is 732 g/mol. The van der Waals surface area contributed by atoms with Crippen LogP contribution in [0.3, 0.4) is 0 Å². The molecule has 2 aromatic heterocycles. The zero-order chi connectivity index (χ0) is 39.5. The summed E-state index contributed by atoms with van der Waals surface area (Å²) < 4.78 is 3.74. The number of β-amino-alcohol motifs (C(OH)–C–C–N with tert-alkyl or cyclic N) is 1. The molecule has 0 radical (unpaired) electrons. The van der Waals surface area contributed by atoms with Crippen molar-refractivity contribution < 1.29 is 24.6 Å². The van der Waals surface area contributed by atoms with Crippen molar-refractivity contribution in [1.82, 2.24) is 28.9 Å². The largest absolute Gasteiger partial charge is 0.481 e. The number of amides is 2. The maximum atomic E-state index is 13.8. The zero-order valence-corrected chi connectivity index (χ0v) is 33.4. The number of aliphatic hydroxyl groups excluding tert-OH is 1. The minimum atomic E-state index is -0.623. The quantitative estimate of drug-likeness (QED) is 0.147. The number of aliphatic hydroxyl groups is 1. The number of nitrogens with one attached hydrogen (secondary N) is 2. The molecule has 2 aromatic carbocycles. The third-order valence-corrected chi connectivity index (χ3v) is 13.5. The molecule has 2 aliphatic heterocycles. The number of hydrogen-bond donors (Lipinski definition) is 4. The number of carboxylic acids is 1. The second-order valence-corrected chi connectivity index (χ2v) is 17.1. The van der Waals surface area contributed by atoms with Crippen LogP contribution in [0.5, 0.6) is 0 Å². The Labute approximate surface area is 332 Å². The summed E-state index contributed by atoms with van der Waals surface area (Å²) in [6, 6.07) is 11.2. The Kier molecular flexibility index (Phi) is 10.1. The lowest BCUT2D eigenvalue weighted by Gasteiger charge is -2.32. The highest BCUT2D eigenvalue weighted by Crippen LogP contribution is 2.63. The fourth-order valence-electron chi connectivity index (χ4n) is 9.90. The molecular formula is C42H51ClN8O5. The van der Waals surface area contributed by atoms with Crippen molar-refractivity contribution in [2.24, 2.45) is 24.9 Å². The number of aliphatic carboxylic acids is 1. The number of hydrogen-bond acceptors (Lipinski definition) is 8. The van der Waals surface area contributed by atoms with E-state index in [-0.39, 0.29) is 17.2 Å². The summed E-state index contributed by atoms with van der Waals surface area (Å²) in [5, 5.41) is 26.1. The molecule has 0 saturated heterocycles. The topological polar surface area (TPSA) is 158 Å². The standard InChI is InChI=1S/C42H51ClN8O5/c1-25(52)21-51-19-12-34-32(23-51)45-37(49(34)4)39(54)47-30-10-6-8-28(35(30)43)27-7-5-9-29(26(27)2)46-38(53)36-44-31-22-50(18-11-33(31)48(36)3)20-17-41-13-15-42(24-41,16-14-41)40(55)56/h5-10,25,52H,11-24H2,1-4H3,(H,46,53)(H,47,54)(H,55,56)/t25-,41?,42?/m1/s1. The summed E-state index contributed by atoms with van der Waals surface area (Å²) in [5.74, 6) is -0.634. The summed E-state index contributed by atoms with van der Waals surface area (Å²) in [6.07, 6.45) is 6.49. The van der Waals surface area contributed by atoms with Gasteiger partial charge in [0.2, 0.25) is 0 Å². The molecule has 2 fully saturated rings. The van der Waals surface area contributed by atoms with E-state index in [2.05, 4.69) is 25.4 Å². The van der Waals surface area contributed by atoms with E-state index in [1.165, 1.54) is 0 Å². The molecule has 4 N–H and O–H groups in total. The Hall–Kier alpha value is -4.56. The third kappa shape index (κ3) is 6.92. The predicted octanol–water partition coefficient (Wildman–Crippen LogP) is 5.81. The Bertz CT molecular complexity index is 2220. The molecule has 0 unspecified atom stereocenters. The number of rotatable bonds is 11. The van der Waals surface area contributed by atoms with Crippen LogP contribution in [0.15, 0.2) is 36.4 Å². The maximum absolute atomic E-state index is 13.8. The minimum absolute atomic E-state index is 0.142. The van der Waals surface area contributed by atoms with Gasteiger partial charge in [-0.1, -0.05) is 35.9 Å². The van der Waals surface area contributed by atoms with Gasteiger partial charge in [-0.15, -0.1) is 0 Å². The smallest absolute Gasteiger partial charge is 0.309 e. The van der Waals surface area contributed by atoms with E-state index >= 15 is 0 Å². The zero-order valence-electron chi connectivity index (χ0n) is 32.6. The van der Waals surface area contributed by atoms with Crippen molar-refractivity contribution in [3.8, 4) is 11.1 Å². The Morgan fingerprint density at radius 3 is 1.98 bits per heavy atom. The van der Waals surface area contributed by atoms with Gasteiger partial charge in [-0.3, -0.25) is 24.2 Å². The van der Waals surface area contributed by atoms with Crippen molar-refractivity contribution in [2.75, 3.05) is 36.8 Å². The van der Waals surface area contributed by atoms with Crippen LogP contribution in [-0.4, -0.2) is 89.2 Å². The predicted molar refractivity (Wildman–Crippen MR) is 214 cm³/mol. The first-order valence-corrected chi connectivity index (χ1v) is 20.1. The lowest BCUT2D eigenvalue weighted by Crippen LogP contribution is -2.36. The number of carboxylic acid groups (broad SMARTS) is 1. The number of halogens is 1. The van der Waals surface area contributed by atoms with Gasteiger partial charge in [-0.25, -0.2) is 9.97 Å². The molecule has 56 heavy (non-hydrogen) atoms. The minimum Gasteiger partial charge on any atom is -0.481 e. The Morgan fingerprint density at radius 1 is 0.839 bits per heavy atom. The van der Waals surface area contributed by atoms with Crippen LogP contribution in [0.25, 0.3) is 11.1 Å². The number of benzene rings is 2. The average molecular weight is 783 g/mol. The summed E-state index contributed by atoms with van der Waals surface area (Å²) in [4.78, 5) is 53.4. The summed E-state index contributed by atoms with van der Waals surface area (Å²) in [5.41, 5.74) is 6.90. The summed E-state index contributed by atoms with van der Waals surface area (Å²) >= 11 is 7.00. The first kappa shape index (κ1) is 38.3. The van der Waals surface area contributed by atoms with Crippen molar-refractivity contribution in [2.45, 2.75) is 84.4 Å². The number of anilines is 2. The van der Waals surface area contributed by atoms with E-state index in [0.717, 1.165) is 105 Å². The second-order valence-electron chi connectivity index (χ2n) is 16.7. The monoisotopic (exact) mass is 782 g/mol. The van der Waals surface area contributed by atoms with Crippen LogP contribution in [-0.2, 0) is 44.8 Å². The lowest BCUT2D eigenvalue weighted by atomic mass is 9.80. The highest BCUT2D eigenvalue weighted by atomic mass is 35.5. The molecule has 2 bridgehead atoms. The molecule has 8 rings (SSSR count). The third-order valence-electron chi connectivity index (χ3n) is 13.1. The number of imidazole rings is 2. The van der Waals surface area contributed by atoms with Gasteiger partial charge < -0.3 is 30.0 Å².